The van der Waals surface area contributed by atoms with Crippen LogP contribution >= 0.6 is 0 Å². The first-order chi connectivity index (χ1) is 13.9. The van der Waals surface area contributed by atoms with Gasteiger partial charge in [0.2, 0.25) is 11.6 Å². The van der Waals surface area contributed by atoms with Crippen LogP contribution in [0.2, 0.25) is 0 Å². The Morgan fingerprint density at radius 1 is 1.14 bits per heavy atom. The van der Waals surface area contributed by atoms with E-state index in [4.69, 9.17) is 9.26 Å². The van der Waals surface area contributed by atoms with Gasteiger partial charge in [-0.05, 0) is 63.4 Å². The summed E-state index contributed by atoms with van der Waals surface area (Å²) < 4.78 is 10.5. The van der Waals surface area contributed by atoms with Crippen molar-refractivity contribution in [3.63, 3.8) is 0 Å². The maximum Gasteiger partial charge on any atom is 0.414 e. The minimum Gasteiger partial charge on any atom is -0.391 e. The van der Waals surface area contributed by atoms with E-state index in [1.807, 2.05) is 0 Å². The summed E-state index contributed by atoms with van der Waals surface area (Å²) in [5, 5.41) is 10.2. The molecule has 2 atom stereocenters. The number of amides is 2. The van der Waals surface area contributed by atoms with E-state index in [-0.39, 0.29) is 28.6 Å². The zero-order valence-electron chi connectivity index (χ0n) is 16.3. The van der Waals surface area contributed by atoms with Crippen LogP contribution in [0, 0.1) is 18.8 Å². The second-order valence-corrected chi connectivity index (χ2v) is 8.99. The largest absolute Gasteiger partial charge is 0.414 e. The van der Waals surface area contributed by atoms with E-state index in [0.717, 1.165) is 32.1 Å². The number of pyridine rings is 1. The van der Waals surface area contributed by atoms with Crippen LogP contribution in [0.15, 0.2) is 35.0 Å². The fourth-order valence-electron chi connectivity index (χ4n) is 6.07. The number of carbonyl (C=O) groups is 2. The van der Waals surface area contributed by atoms with Crippen LogP contribution in [-0.4, -0.2) is 33.2 Å². The molecule has 2 heterocycles. The van der Waals surface area contributed by atoms with Gasteiger partial charge in [-0.25, -0.2) is 9.78 Å². The summed E-state index contributed by atoms with van der Waals surface area (Å²) in [5.74, 6) is 1.22. The highest BCUT2D eigenvalue weighted by Crippen LogP contribution is 2.57. The lowest BCUT2D eigenvalue weighted by Crippen LogP contribution is -2.70. The van der Waals surface area contributed by atoms with Crippen molar-refractivity contribution in [1.82, 2.24) is 20.8 Å². The van der Waals surface area contributed by atoms with Crippen LogP contribution in [0.4, 0.5) is 4.79 Å². The summed E-state index contributed by atoms with van der Waals surface area (Å²) in [6.07, 6.45) is 6.64. The summed E-state index contributed by atoms with van der Waals surface area (Å²) in [4.78, 5) is 29.4. The van der Waals surface area contributed by atoms with Crippen molar-refractivity contribution in [2.75, 3.05) is 0 Å². The lowest BCUT2D eigenvalue weighted by Gasteiger charge is -2.61. The first-order valence-corrected chi connectivity index (χ1v) is 10.1. The van der Waals surface area contributed by atoms with Crippen LogP contribution in [0.1, 0.15) is 54.8 Å². The van der Waals surface area contributed by atoms with Gasteiger partial charge in [-0.1, -0.05) is 11.2 Å². The quantitative estimate of drug-likeness (QED) is 0.823. The summed E-state index contributed by atoms with van der Waals surface area (Å²) in [6, 6.07) is 6.84. The van der Waals surface area contributed by atoms with E-state index in [9.17, 15) is 9.59 Å². The molecule has 152 valence electrons. The highest BCUT2D eigenvalue weighted by molar-refractivity contribution is 5.92. The minimum atomic E-state index is -0.488. The molecule has 6 rings (SSSR count). The number of nitrogens with one attached hydrogen (secondary N) is 2. The van der Waals surface area contributed by atoms with Gasteiger partial charge in [-0.2, -0.15) is 0 Å². The fraction of sp³-hybridized carbons (Fsp3) is 0.524. The highest BCUT2D eigenvalue weighted by Gasteiger charge is 2.59. The molecule has 29 heavy (non-hydrogen) atoms. The topological polar surface area (TPSA) is 106 Å². The van der Waals surface area contributed by atoms with Gasteiger partial charge < -0.3 is 19.9 Å². The Morgan fingerprint density at radius 2 is 1.86 bits per heavy atom. The molecule has 2 aromatic rings. The van der Waals surface area contributed by atoms with E-state index >= 15 is 0 Å². The molecule has 0 aliphatic heterocycles. The van der Waals surface area contributed by atoms with Gasteiger partial charge in [0.05, 0.1) is 5.69 Å². The van der Waals surface area contributed by atoms with Gasteiger partial charge in [0, 0.05) is 29.4 Å². The zero-order chi connectivity index (χ0) is 20.1. The van der Waals surface area contributed by atoms with Crippen molar-refractivity contribution in [2.24, 2.45) is 11.8 Å². The average molecular weight is 396 g/mol. The number of nitrogens with zero attached hydrogens (tertiary/aromatic N) is 2. The standard InChI is InChI=1S/C21H24N4O4/c1-13-6-16(29-25-13)18(26)23-20-8-14-7-15(9-20)11-21(10-14,12-20)24-19(27)28-17-4-2-3-5-22-17/h2-6,14-15H,7-12H2,1H3,(H,23,26)(H,24,27). The van der Waals surface area contributed by atoms with Crippen molar-refractivity contribution in [2.45, 2.75) is 56.5 Å². The van der Waals surface area contributed by atoms with Gasteiger partial charge in [-0.3, -0.25) is 4.79 Å². The molecular weight excluding hydrogens is 372 g/mol. The summed E-state index contributed by atoms with van der Waals surface area (Å²) in [6.45, 7) is 1.79. The van der Waals surface area contributed by atoms with Crippen LogP contribution in [0.3, 0.4) is 0 Å². The zero-order valence-corrected chi connectivity index (χ0v) is 16.3. The molecule has 4 aliphatic rings. The molecule has 4 saturated carbocycles. The predicted molar refractivity (Wildman–Crippen MR) is 102 cm³/mol. The van der Waals surface area contributed by atoms with Crippen LogP contribution in [0.25, 0.3) is 0 Å². The second-order valence-electron chi connectivity index (χ2n) is 8.99. The van der Waals surface area contributed by atoms with Crippen molar-refractivity contribution >= 4 is 12.0 Å². The Labute approximate surface area is 168 Å². The maximum atomic E-state index is 12.7. The smallest absolute Gasteiger partial charge is 0.391 e. The molecule has 8 heteroatoms. The van der Waals surface area contributed by atoms with Gasteiger partial charge >= 0.3 is 6.09 Å². The average Bonchev–Trinajstić information content (AvgIpc) is 3.07. The lowest BCUT2D eigenvalue weighted by atomic mass is 9.50. The maximum absolute atomic E-state index is 12.7. The SMILES string of the molecule is Cc1cc(C(=O)NC23CC4CC(CC(NC(=O)Oc5ccccn5)(C4)C2)C3)on1. The Bertz CT molecular complexity index is 927. The van der Waals surface area contributed by atoms with Gasteiger partial charge in [0.25, 0.3) is 5.91 Å². The van der Waals surface area contributed by atoms with E-state index in [0.29, 0.717) is 24.0 Å². The molecule has 0 aromatic carbocycles. The van der Waals surface area contributed by atoms with Gasteiger partial charge in [0.1, 0.15) is 0 Å². The Kier molecular flexibility index (Phi) is 4.11. The number of rotatable bonds is 4. The Balaban J connectivity index is 1.32. The molecule has 2 aromatic heterocycles. The summed E-state index contributed by atoms with van der Waals surface area (Å²) in [5.41, 5.74) is -0.0168. The molecule has 4 aliphatic carbocycles. The van der Waals surface area contributed by atoms with Crippen molar-refractivity contribution in [3.8, 4) is 5.88 Å². The molecule has 8 nitrogen and oxygen atoms in total. The van der Waals surface area contributed by atoms with Crippen molar-refractivity contribution < 1.29 is 18.8 Å². The molecule has 4 bridgehead atoms. The number of hydrogen-bond donors (Lipinski definition) is 2. The molecule has 2 N–H and O–H groups in total. The molecule has 0 saturated heterocycles. The van der Waals surface area contributed by atoms with Crippen LogP contribution in [-0.2, 0) is 0 Å². The normalized spacial score (nSPS) is 32.0. The van der Waals surface area contributed by atoms with Crippen molar-refractivity contribution in [3.05, 3.63) is 41.9 Å². The summed E-state index contributed by atoms with van der Waals surface area (Å²) >= 11 is 0. The van der Waals surface area contributed by atoms with Crippen molar-refractivity contribution in [1.29, 1.82) is 0 Å². The highest BCUT2D eigenvalue weighted by atomic mass is 16.6. The molecule has 4 fully saturated rings. The predicted octanol–water partition coefficient (Wildman–Crippen LogP) is 2.99. The number of carbonyl (C=O) groups excluding carboxylic acids is 2. The first-order valence-electron chi connectivity index (χ1n) is 10.1. The number of ether oxygens (including phenoxy) is 1. The third-order valence-electron chi connectivity index (χ3n) is 6.49. The summed E-state index contributed by atoms with van der Waals surface area (Å²) in [7, 11) is 0. The molecule has 2 amide bonds. The van der Waals surface area contributed by atoms with E-state index in [1.54, 1.807) is 37.4 Å². The Hall–Kier alpha value is -2.90. The molecule has 0 radical (unpaired) electrons. The number of hydrogen-bond acceptors (Lipinski definition) is 6. The monoisotopic (exact) mass is 396 g/mol. The first kappa shape index (κ1) is 18.1. The van der Waals surface area contributed by atoms with Crippen LogP contribution < -0.4 is 15.4 Å². The third-order valence-corrected chi connectivity index (χ3v) is 6.49. The van der Waals surface area contributed by atoms with Crippen LogP contribution in [0.5, 0.6) is 5.88 Å². The number of aromatic nitrogens is 2. The van der Waals surface area contributed by atoms with Gasteiger partial charge in [-0.15, -0.1) is 0 Å². The second kappa shape index (κ2) is 6.57. The van der Waals surface area contributed by atoms with E-state index in [2.05, 4.69) is 20.8 Å². The minimum absolute atomic E-state index is 0.231. The fourth-order valence-corrected chi connectivity index (χ4v) is 6.07. The lowest BCUT2D eigenvalue weighted by molar-refractivity contribution is -0.0453. The third kappa shape index (κ3) is 3.47. The van der Waals surface area contributed by atoms with E-state index < -0.39 is 6.09 Å². The number of aryl methyl sites for hydroxylation is 1. The van der Waals surface area contributed by atoms with E-state index in [1.165, 1.54) is 0 Å². The molecule has 0 spiro atoms. The Morgan fingerprint density at radius 3 is 2.48 bits per heavy atom. The molecule has 2 unspecified atom stereocenters. The molecular formula is C21H24N4O4. The van der Waals surface area contributed by atoms with Gasteiger partial charge in [0.15, 0.2) is 0 Å².